The number of alkyl halides is 5. The normalized spacial score (nSPS) is 11.4. The average Bonchev–Trinajstić information content (AvgIpc) is 2.25. The molecule has 4 nitrogen and oxygen atoms in total. The molecule has 18 heavy (non-hydrogen) atoms. The molecule has 0 unspecified atom stereocenters. The van der Waals surface area contributed by atoms with Crippen LogP contribution in [0.15, 0.2) is 6.20 Å². The van der Waals surface area contributed by atoms with Crippen LogP contribution in [0.5, 0.6) is 5.88 Å². The highest BCUT2D eigenvalue weighted by atomic mass is 19.4. The number of hydrogen-bond donors (Lipinski definition) is 1. The van der Waals surface area contributed by atoms with E-state index in [-0.39, 0.29) is 0 Å². The highest BCUT2D eigenvalue weighted by molar-refractivity contribution is 5.48. The zero-order chi connectivity index (χ0) is 13.9. The molecule has 0 fully saturated rings. The van der Waals surface area contributed by atoms with Gasteiger partial charge in [-0.2, -0.15) is 5.26 Å². The van der Waals surface area contributed by atoms with E-state index >= 15 is 0 Å². The van der Waals surface area contributed by atoms with Gasteiger partial charge in [0.05, 0.1) is 0 Å². The Kier molecular flexibility index (Phi) is 4.03. The van der Waals surface area contributed by atoms with E-state index in [1.807, 2.05) is 0 Å². The Hall–Kier alpha value is -1.95. The van der Waals surface area contributed by atoms with Gasteiger partial charge in [0, 0.05) is 18.3 Å². The fourth-order valence-corrected chi connectivity index (χ4v) is 1.25. The summed E-state index contributed by atoms with van der Waals surface area (Å²) >= 11 is 0. The molecule has 0 radical (unpaired) electrons. The summed E-state index contributed by atoms with van der Waals surface area (Å²) in [5.74, 6) is -1.09. The van der Waals surface area contributed by atoms with Crippen LogP contribution in [0.4, 0.5) is 22.0 Å². The number of pyridine rings is 1. The van der Waals surface area contributed by atoms with Crippen molar-refractivity contribution < 1.29 is 26.7 Å². The summed E-state index contributed by atoms with van der Waals surface area (Å²) in [6.45, 7) is -0.528. The number of rotatable bonds is 3. The second-order valence-electron chi connectivity index (χ2n) is 3.04. The lowest BCUT2D eigenvalue weighted by Crippen LogP contribution is -2.20. The highest BCUT2D eigenvalue weighted by Gasteiger charge is 2.34. The van der Waals surface area contributed by atoms with Gasteiger partial charge in [-0.25, -0.2) is 13.8 Å². The van der Waals surface area contributed by atoms with Gasteiger partial charge in [0.25, 0.3) is 6.43 Å². The zero-order valence-electron chi connectivity index (χ0n) is 8.63. The Labute approximate surface area is 97.8 Å². The summed E-state index contributed by atoms with van der Waals surface area (Å²) in [6.07, 6.45) is -7.56. The van der Waals surface area contributed by atoms with E-state index in [2.05, 4.69) is 9.72 Å². The van der Waals surface area contributed by atoms with Crippen LogP contribution in [-0.4, -0.2) is 11.3 Å². The molecule has 0 saturated carbocycles. The second-order valence-corrected chi connectivity index (χ2v) is 3.04. The lowest BCUT2D eigenvalue weighted by atomic mass is 10.1. The monoisotopic (exact) mass is 267 g/mol. The molecule has 9 heteroatoms. The molecular weight excluding hydrogens is 261 g/mol. The molecule has 1 heterocycles. The SMILES string of the molecule is N#Cc1c(OC(F)(F)F)ncc(C(F)F)c1CN. The molecule has 1 aromatic rings. The number of ether oxygens (including phenoxy) is 1. The molecule has 0 bridgehead atoms. The van der Waals surface area contributed by atoms with Crippen molar-refractivity contribution in [2.45, 2.75) is 19.3 Å². The van der Waals surface area contributed by atoms with Crippen molar-refractivity contribution in [3.05, 3.63) is 22.9 Å². The minimum atomic E-state index is -5.07. The summed E-state index contributed by atoms with van der Waals surface area (Å²) < 4.78 is 64.5. The molecule has 0 atom stereocenters. The van der Waals surface area contributed by atoms with E-state index in [1.54, 1.807) is 0 Å². The van der Waals surface area contributed by atoms with Crippen molar-refractivity contribution in [2.24, 2.45) is 5.73 Å². The van der Waals surface area contributed by atoms with Crippen LogP contribution < -0.4 is 10.5 Å². The smallest absolute Gasteiger partial charge is 0.386 e. The molecule has 0 aromatic carbocycles. The van der Waals surface area contributed by atoms with Gasteiger partial charge in [-0.15, -0.1) is 13.2 Å². The highest BCUT2D eigenvalue weighted by Crippen LogP contribution is 2.31. The van der Waals surface area contributed by atoms with Crippen molar-refractivity contribution in [3.63, 3.8) is 0 Å². The molecule has 0 aliphatic rings. The molecule has 98 valence electrons. The number of nitriles is 1. The first-order valence-electron chi connectivity index (χ1n) is 4.46. The average molecular weight is 267 g/mol. The van der Waals surface area contributed by atoms with E-state index in [4.69, 9.17) is 11.0 Å². The molecule has 1 aromatic heterocycles. The Morgan fingerprint density at radius 2 is 2.06 bits per heavy atom. The molecule has 0 aliphatic heterocycles. The van der Waals surface area contributed by atoms with E-state index < -0.39 is 41.9 Å². The van der Waals surface area contributed by atoms with Gasteiger partial charge in [-0.05, 0) is 5.56 Å². The Morgan fingerprint density at radius 1 is 1.44 bits per heavy atom. The van der Waals surface area contributed by atoms with E-state index in [0.29, 0.717) is 6.20 Å². The van der Waals surface area contributed by atoms with Crippen LogP contribution in [-0.2, 0) is 6.54 Å². The molecule has 0 saturated heterocycles. The number of nitrogens with two attached hydrogens (primary N) is 1. The Morgan fingerprint density at radius 3 is 2.44 bits per heavy atom. The maximum atomic E-state index is 12.5. The summed E-state index contributed by atoms with van der Waals surface area (Å²) in [5, 5.41) is 8.70. The number of halogens is 5. The first-order chi connectivity index (χ1) is 8.30. The minimum absolute atomic E-state index is 0.415. The van der Waals surface area contributed by atoms with Crippen LogP contribution in [0.2, 0.25) is 0 Å². The van der Waals surface area contributed by atoms with Crippen molar-refractivity contribution in [1.29, 1.82) is 5.26 Å². The zero-order valence-corrected chi connectivity index (χ0v) is 8.63. The van der Waals surface area contributed by atoms with Crippen molar-refractivity contribution in [3.8, 4) is 11.9 Å². The first kappa shape index (κ1) is 14.1. The van der Waals surface area contributed by atoms with E-state index in [9.17, 15) is 22.0 Å². The van der Waals surface area contributed by atoms with Gasteiger partial charge in [-0.3, -0.25) is 0 Å². The molecule has 0 aliphatic carbocycles. The van der Waals surface area contributed by atoms with Crippen molar-refractivity contribution >= 4 is 0 Å². The maximum Gasteiger partial charge on any atom is 0.574 e. The van der Waals surface area contributed by atoms with Gasteiger partial charge >= 0.3 is 6.36 Å². The molecule has 2 N–H and O–H groups in total. The van der Waals surface area contributed by atoms with Crippen LogP contribution in [0.25, 0.3) is 0 Å². The van der Waals surface area contributed by atoms with Crippen LogP contribution in [0.1, 0.15) is 23.1 Å². The summed E-state index contributed by atoms with van der Waals surface area (Å²) in [6, 6.07) is 1.33. The van der Waals surface area contributed by atoms with Gasteiger partial charge in [0.2, 0.25) is 5.88 Å². The second kappa shape index (κ2) is 5.14. The number of nitrogens with zero attached hydrogens (tertiary/aromatic N) is 2. The van der Waals surface area contributed by atoms with Crippen LogP contribution in [0.3, 0.4) is 0 Å². The standard InChI is InChI=1S/C9H6F5N3O/c10-7(11)6-3-17-8(18-9(12,13)14)5(2-16)4(6)1-15/h3,7H,1,15H2. The fourth-order valence-electron chi connectivity index (χ4n) is 1.25. The van der Waals surface area contributed by atoms with Gasteiger partial charge in [-0.1, -0.05) is 0 Å². The minimum Gasteiger partial charge on any atom is -0.386 e. The third-order valence-electron chi connectivity index (χ3n) is 1.95. The number of aromatic nitrogens is 1. The predicted octanol–water partition coefficient (Wildman–Crippen LogP) is 2.25. The molecule has 1 rings (SSSR count). The van der Waals surface area contributed by atoms with Crippen molar-refractivity contribution in [1.82, 2.24) is 4.98 Å². The summed E-state index contributed by atoms with van der Waals surface area (Å²) in [4.78, 5) is 3.06. The molecule has 0 amide bonds. The topological polar surface area (TPSA) is 71.9 Å². The third-order valence-corrected chi connectivity index (χ3v) is 1.95. The van der Waals surface area contributed by atoms with Crippen molar-refractivity contribution in [2.75, 3.05) is 0 Å². The van der Waals surface area contributed by atoms with E-state index in [1.165, 1.54) is 6.07 Å². The van der Waals surface area contributed by atoms with Gasteiger partial charge in [0.1, 0.15) is 11.6 Å². The number of hydrogen-bond acceptors (Lipinski definition) is 4. The Balaban J connectivity index is 3.36. The van der Waals surface area contributed by atoms with Gasteiger partial charge in [0.15, 0.2) is 0 Å². The Bertz CT molecular complexity index is 480. The van der Waals surface area contributed by atoms with Gasteiger partial charge < -0.3 is 10.5 Å². The maximum absolute atomic E-state index is 12.5. The lowest BCUT2D eigenvalue weighted by molar-refractivity contribution is -0.276. The third kappa shape index (κ3) is 3.04. The lowest BCUT2D eigenvalue weighted by Gasteiger charge is -2.13. The summed E-state index contributed by atoms with van der Waals surface area (Å²) in [5.41, 5.74) is 3.30. The predicted molar refractivity (Wildman–Crippen MR) is 48.5 cm³/mol. The molecule has 0 spiro atoms. The largest absolute Gasteiger partial charge is 0.574 e. The fraction of sp³-hybridized carbons (Fsp3) is 0.333. The van der Waals surface area contributed by atoms with E-state index in [0.717, 1.165) is 0 Å². The van der Waals surface area contributed by atoms with Crippen LogP contribution >= 0.6 is 0 Å². The summed E-state index contributed by atoms with van der Waals surface area (Å²) in [7, 11) is 0. The first-order valence-corrected chi connectivity index (χ1v) is 4.46. The molecular formula is C9H6F5N3O. The quantitative estimate of drug-likeness (QED) is 0.852. The van der Waals surface area contributed by atoms with Crippen LogP contribution in [0, 0.1) is 11.3 Å².